The Hall–Kier alpha value is -0.700. The number of hydrogen-bond donors (Lipinski definition) is 2. The van der Waals surface area contributed by atoms with Gasteiger partial charge in [0.25, 0.3) is 10.2 Å². The maximum Gasteiger partial charge on any atom is 0.336 e. The van der Waals surface area contributed by atoms with E-state index in [9.17, 15) is 18.3 Å². The highest BCUT2D eigenvalue weighted by molar-refractivity contribution is 7.87. The van der Waals surface area contributed by atoms with Gasteiger partial charge < -0.3 is 9.84 Å². The summed E-state index contributed by atoms with van der Waals surface area (Å²) in [5.41, 5.74) is 0. The largest absolute Gasteiger partial charge is 0.467 e. The number of methoxy groups -OCH3 is 1. The second-order valence-electron chi connectivity index (χ2n) is 5.16. The van der Waals surface area contributed by atoms with Crippen molar-refractivity contribution in [3.05, 3.63) is 0 Å². The van der Waals surface area contributed by atoms with Crippen LogP contribution in [0.5, 0.6) is 0 Å². The fourth-order valence-electron chi connectivity index (χ4n) is 2.30. The van der Waals surface area contributed by atoms with Crippen LogP contribution in [0.2, 0.25) is 0 Å². The fraction of sp³-hybridized carbons (Fsp3) is 0.909. The molecule has 0 aromatic rings. The van der Waals surface area contributed by atoms with E-state index in [2.05, 4.69) is 9.46 Å². The number of nitrogens with one attached hydrogen (secondary N) is 1. The SMILES string of the molecule is COC(=O)[C@@H](O)CNS(=O)(=O)N1C[C@H](C)C[C@H](C)C1. The van der Waals surface area contributed by atoms with Gasteiger partial charge >= 0.3 is 5.97 Å². The molecule has 0 amide bonds. The van der Waals surface area contributed by atoms with Crippen molar-refractivity contribution in [1.82, 2.24) is 9.03 Å². The minimum atomic E-state index is -3.67. The summed E-state index contributed by atoms with van der Waals surface area (Å²) >= 11 is 0. The zero-order chi connectivity index (χ0) is 14.6. The molecule has 1 fully saturated rings. The van der Waals surface area contributed by atoms with Gasteiger partial charge in [0.15, 0.2) is 6.10 Å². The normalized spacial score (nSPS) is 26.9. The average molecular weight is 294 g/mol. The quantitative estimate of drug-likeness (QED) is 0.656. The molecule has 0 radical (unpaired) electrons. The predicted octanol–water partition coefficient (Wildman–Crippen LogP) is -0.667. The highest BCUT2D eigenvalue weighted by Crippen LogP contribution is 2.22. The van der Waals surface area contributed by atoms with E-state index in [0.717, 1.165) is 13.5 Å². The molecule has 112 valence electrons. The van der Waals surface area contributed by atoms with Crippen LogP contribution in [0.4, 0.5) is 0 Å². The summed E-state index contributed by atoms with van der Waals surface area (Å²) in [5.74, 6) is -0.264. The molecule has 0 aliphatic carbocycles. The molecule has 0 bridgehead atoms. The van der Waals surface area contributed by atoms with Gasteiger partial charge in [0, 0.05) is 19.6 Å². The smallest absolute Gasteiger partial charge is 0.336 e. The molecule has 3 atom stereocenters. The van der Waals surface area contributed by atoms with Crippen molar-refractivity contribution in [2.45, 2.75) is 26.4 Å². The number of hydrogen-bond acceptors (Lipinski definition) is 5. The lowest BCUT2D eigenvalue weighted by atomic mass is 9.94. The number of rotatable bonds is 5. The number of aliphatic hydroxyl groups is 1. The molecule has 1 aliphatic rings. The summed E-state index contributed by atoms with van der Waals surface area (Å²) in [6, 6.07) is 0. The first kappa shape index (κ1) is 16.4. The number of nitrogens with zero attached hydrogens (tertiary/aromatic N) is 1. The molecule has 0 aromatic carbocycles. The van der Waals surface area contributed by atoms with E-state index < -0.39 is 22.3 Å². The number of piperidine rings is 1. The van der Waals surface area contributed by atoms with Crippen LogP contribution >= 0.6 is 0 Å². The maximum absolute atomic E-state index is 12.0. The molecule has 19 heavy (non-hydrogen) atoms. The Balaban J connectivity index is 2.58. The molecular formula is C11H22N2O5S. The van der Waals surface area contributed by atoms with E-state index in [0.29, 0.717) is 24.9 Å². The van der Waals surface area contributed by atoms with Gasteiger partial charge in [-0.1, -0.05) is 13.8 Å². The minimum Gasteiger partial charge on any atom is -0.467 e. The molecule has 0 aromatic heterocycles. The Morgan fingerprint density at radius 2 is 1.95 bits per heavy atom. The van der Waals surface area contributed by atoms with Crippen molar-refractivity contribution >= 4 is 16.2 Å². The van der Waals surface area contributed by atoms with Crippen molar-refractivity contribution in [1.29, 1.82) is 0 Å². The van der Waals surface area contributed by atoms with Crippen LogP contribution in [-0.2, 0) is 19.7 Å². The zero-order valence-electron chi connectivity index (χ0n) is 11.5. The van der Waals surface area contributed by atoms with Gasteiger partial charge in [-0.2, -0.15) is 17.4 Å². The van der Waals surface area contributed by atoms with Gasteiger partial charge in [0.05, 0.1) is 7.11 Å². The summed E-state index contributed by atoms with van der Waals surface area (Å²) in [4.78, 5) is 11.0. The molecule has 1 heterocycles. The number of carbonyl (C=O) groups is 1. The number of carbonyl (C=O) groups excluding carboxylic acids is 1. The van der Waals surface area contributed by atoms with Gasteiger partial charge in [-0.25, -0.2) is 4.79 Å². The number of esters is 1. The Morgan fingerprint density at radius 1 is 1.42 bits per heavy atom. The van der Waals surface area contributed by atoms with Crippen LogP contribution in [0.3, 0.4) is 0 Å². The molecule has 7 nitrogen and oxygen atoms in total. The third-order valence-corrected chi connectivity index (χ3v) is 4.62. The molecule has 1 rings (SSSR count). The van der Waals surface area contributed by atoms with E-state index in [1.807, 2.05) is 13.8 Å². The molecule has 8 heteroatoms. The van der Waals surface area contributed by atoms with Gasteiger partial charge in [-0.15, -0.1) is 0 Å². The average Bonchev–Trinajstić information content (AvgIpc) is 2.33. The third-order valence-electron chi connectivity index (χ3n) is 3.11. The molecule has 0 unspecified atom stereocenters. The zero-order valence-corrected chi connectivity index (χ0v) is 12.3. The standard InChI is InChI=1S/C11H22N2O5S/c1-8-4-9(2)7-13(6-8)19(16,17)12-5-10(14)11(15)18-3/h8-10,12,14H,4-7H2,1-3H3/t8-,9+,10-/m0/s1. The third kappa shape index (κ3) is 4.72. The topological polar surface area (TPSA) is 95.9 Å². The van der Waals surface area contributed by atoms with E-state index in [1.54, 1.807) is 0 Å². The first-order valence-corrected chi connectivity index (χ1v) is 7.71. The Kier molecular flexibility index (Phi) is 5.72. The minimum absolute atomic E-state index is 0.297. The molecular weight excluding hydrogens is 272 g/mol. The summed E-state index contributed by atoms with van der Waals surface area (Å²) in [6.45, 7) is 4.53. The fourth-order valence-corrected chi connectivity index (χ4v) is 3.75. The van der Waals surface area contributed by atoms with Gasteiger partial charge in [-0.05, 0) is 18.3 Å². The summed E-state index contributed by atoms with van der Waals surface area (Å²) < 4.78 is 32.0. The van der Waals surface area contributed by atoms with Crippen LogP contribution in [-0.4, -0.2) is 56.6 Å². The highest BCUT2D eigenvalue weighted by Gasteiger charge is 2.31. The first-order valence-electron chi connectivity index (χ1n) is 6.27. The van der Waals surface area contributed by atoms with Crippen LogP contribution in [0, 0.1) is 11.8 Å². The molecule has 1 saturated heterocycles. The van der Waals surface area contributed by atoms with E-state index in [4.69, 9.17) is 0 Å². The van der Waals surface area contributed by atoms with Crippen molar-refractivity contribution < 1.29 is 23.1 Å². The number of ether oxygens (including phenoxy) is 1. The summed E-state index contributed by atoms with van der Waals surface area (Å²) in [5, 5.41) is 9.36. The van der Waals surface area contributed by atoms with Crippen molar-refractivity contribution in [3.8, 4) is 0 Å². The molecule has 2 N–H and O–H groups in total. The van der Waals surface area contributed by atoms with Crippen LogP contribution in [0.1, 0.15) is 20.3 Å². The van der Waals surface area contributed by atoms with Crippen molar-refractivity contribution in [2.24, 2.45) is 11.8 Å². The second-order valence-corrected chi connectivity index (χ2v) is 6.91. The van der Waals surface area contributed by atoms with Crippen molar-refractivity contribution in [2.75, 3.05) is 26.7 Å². The lowest BCUT2D eigenvalue weighted by Gasteiger charge is -2.34. The highest BCUT2D eigenvalue weighted by atomic mass is 32.2. The molecule has 0 saturated carbocycles. The summed E-state index contributed by atoms with van der Waals surface area (Å²) in [7, 11) is -2.54. The second kappa shape index (κ2) is 6.65. The molecule has 0 spiro atoms. The Morgan fingerprint density at radius 3 is 2.42 bits per heavy atom. The van der Waals surface area contributed by atoms with Crippen LogP contribution < -0.4 is 4.72 Å². The van der Waals surface area contributed by atoms with E-state index in [1.165, 1.54) is 4.31 Å². The van der Waals surface area contributed by atoms with Crippen LogP contribution in [0.25, 0.3) is 0 Å². The van der Waals surface area contributed by atoms with E-state index >= 15 is 0 Å². The summed E-state index contributed by atoms with van der Waals surface area (Å²) in [6.07, 6.45) is -0.490. The maximum atomic E-state index is 12.0. The Bertz CT molecular complexity index is 401. The monoisotopic (exact) mass is 294 g/mol. The van der Waals surface area contributed by atoms with Crippen LogP contribution in [0.15, 0.2) is 0 Å². The Labute approximate surface area is 114 Å². The van der Waals surface area contributed by atoms with Gasteiger partial charge in [-0.3, -0.25) is 0 Å². The van der Waals surface area contributed by atoms with Crippen molar-refractivity contribution in [3.63, 3.8) is 0 Å². The van der Waals surface area contributed by atoms with Gasteiger partial charge in [0.1, 0.15) is 0 Å². The predicted molar refractivity (Wildman–Crippen MR) is 69.5 cm³/mol. The lowest BCUT2D eigenvalue weighted by molar-refractivity contribution is -0.149. The number of aliphatic hydroxyl groups excluding tert-OH is 1. The lowest BCUT2D eigenvalue weighted by Crippen LogP contribution is -2.50. The van der Waals surface area contributed by atoms with E-state index in [-0.39, 0.29) is 6.54 Å². The first-order chi connectivity index (χ1) is 8.76. The molecule has 1 aliphatic heterocycles. The van der Waals surface area contributed by atoms with Gasteiger partial charge in [0.2, 0.25) is 0 Å².